The van der Waals surface area contributed by atoms with Crippen molar-refractivity contribution < 1.29 is 9.90 Å². The highest BCUT2D eigenvalue weighted by atomic mass is 35.5. The minimum Gasteiger partial charge on any atom is -0.478 e. The fourth-order valence-corrected chi connectivity index (χ4v) is 2.94. The number of nitrogens with zero attached hydrogens (tertiary/aromatic N) is 1. The molecule has 0 aliphatic heterocycles. The van der Waals surface area contributed by atoms with Crippen molar-refractivity contribution in [3.63, 3.8) is 0 Å². The zero-order chi connectivity index (χ0) is 15.9. The van der Waals surface area contributed by atoms with Crippen molar-refractivity contribution in [1.82, 2.24) is 9.55 Å². The van der Waals surface area contributed by atoms with Crippen LogP contribution in [-0.4, -0.2) is 20.6 Å². The molecule has 1 aromatic heterocycles. The van der Waals surface area contributed by atoms with Gasteiger partial charge in [0.15, 0.2) is 0 Å². The SMILES string of the molecule is O=C(O)c1cc(-n2c(=O)[nH]c3c(c2=O)CCCC3)ccc1Cl. The fourth-order valence-electron chi connectivity index (χ4n) is 2.74. The van der Waals surface area contributed by atoms with Gasteiger partial charge in [0.1, 0.15) is 0 Å². The Kier molecular flexibility index (Phi) is 3.62. The van der Waals surface area contributed by atoms with E-state index in [0.29, 0.717) is 24.1 Å². The second-order valence-electron chi connectivity index (χ2n) is 5.20. The molecule has 0 amide bonds. The molecule has 6 nitrogen and oxygen atoms in total. The first-order valence-electron chi connectivity index (χ1n) is 6.89. The van der Waals surface area contributed by atoms with Gasteiger partial charge in [0.2, 0.25) is 0 Å². The molecule has 1 aromatic carbocycles. The maximum absolute atomic E-state index is 12.6. The van der Waals surface area contributed by atoms with E-state index in [1.54, 1.807) is 0 Å². The normalized spacial score (nSPS) is 13.7. The monoisotopic (exact) mass is 320 g/mol. The summed E-state index contributed by atoms with van der Waals surface area (Å²) < 4.78 is 0.965. The molecule has 7 heteroatoms. The number of aromatic amines is 1. The van der Waals surface area contributed by atoms with E-state index in [2.05, 4.69) is 4.98 Å². The molecule has 0 atom stereocenters. The number of fused-ring (bicyclic) bond motifs is 1. The molecule has 2 N–H and O–H groups in total. The summed E-state index contributed by atoms with van der Waals surface area (Å²) in [6.45, 7) is 0. The molecule has 0 saturated heterocycles. The Morgan fingerprint density at radius 2 is 1.95 bits per heavy atom. The molecule has 1 heterocycles. The van der Waals surface area contributed by atoms with Crippen LogP contribution in [0.5, 0.6) is 0 Å². The number of halogens is 1. The summed E-state index contributed by atoms with van der Waals surface area (Å²) >= 11 is 5.82. The molecule has 1 aliphatic rings. The topological polar surface area (TPSA) is 92.2 Å². The predicted molar refractivity (Wildman–Crippen MR) is 81.3 cm³/mol. The number of aromatic carboxylic acids is 1. The van der Waals surface area contributed by atoms with Gasteiger partial charge in [0, 0.05) is 11.3 Å². The van der Waals surface area contributed by atoms with Crippen molar-refractivity contribution in [3.05, 3.63) is 60.9 Å². The number of hydrogen-bond donors (Lipinski definition) is 2. The van der Waals surface area contributed by atoms with Gasteiger partial charge in [-0.25, -0.2) is 14.2 Å². The molecule has 0 fully saturated rings. The zero-order valence-electron chi connectivity index (χ0n) is 11.6. The van der Waals surface area contributed by atoms with Gasteiger partial charge in [-0.15, -0.1) is 0 Å². The molecule has 0 saturated carbocycles. The predicted octanol–water partition coefficient (Wildman–Crippen LogP) is 1.76. The molecule has 22 heavy (non-hydrogen) atoms. The lowest BCUT2D eigenvalue weighted by Crippen LogP contribution is -2.38. The van der Waals surface area contributed by atoms with Crippen LogP contribution in [0.4, 0.5) is 0 Å². The molecule has 3 rings (SSSR count). The highest BCUT2D eigenvalue weighted by molar-refractivity contribution is 6.33. The number of aryl methyl sites for hydroxylation is 1. The van der Waals surface area contributed by atoms with E-state index in [0.717, 1.165) is 17.4 Å². The largest absolute Gasteiger partial charge is 0.478 e. The molecule has 1 aliphatic carbocycles. The number of benzene rings is 1. The summed E-state index contributed by atoms with van der Waals surface area (Å²) in [5.74, 6) is -1.21. The van der Waals surface area contributed by atoms with Crippen molar-refractivity contribution in [2.45, 2.75) is 25.7 Å². The van der Waals surface area contributed by atoms with Crippen molar-refractivity contribution in [3.8, 4) is 5.69 Å². The van der Waals surface area contributed by atoms with E-state index in [9.17, 15) is 14.4 Å². The Morgan fingerprint density at radius 1 is 1.23 bits per heavy atom. The molecular weight excluding hydrogens is 308 g/mol. The highest BCUT2D eigenvalue weighted by Crippen LogP contribution is 2.20. The van der Waals surface area contributed by atoms with Crippen LogP contribution >= 0.6 is 11.6 Å². The van der Waals surface area contributed by atoms with Gasteiger partial charge in [-0.05, 0) is 43.9 Å². The molecule has 0 bridgehead atoms. The summed E-state index contributed by atoms with van der Waals surface area (Å²) in [6.07, 6.45) is 3.14. The lowest BCUT2D eigenvalue weighted by atomic mass is 9.97. The van der Waals surface area contributed by atoms with Crippen LogP contribution in [0.1, 0.15) is 34.5 Å². The number of aromatic nitrogens is 2. The number of carboxylic acid groups (broad SMARTS) is 1. The van der Waals surface area contributed by atoms with E-state index in [1.807, 2.05) is 0 Å². The standard InChI is InChI=1S/C15H13ClN2O4/c16-11-6-5-8(7-10(11)14(20)21)18-13(19)9-3-1-2-4-12(9)17-15(18)22/h5-7H,1-4H2,(H,17,22)(H,20,21). The number of carbonyl (C=O) groups is 1. The number of carboxylic acids is 1. The highest BCUT2D eigenvalue weighted by Gasteiger charge is 2.19. The average molecular weight is 321 g/mol. The number of hydrogen-bond acceptors (Lipinski definition) is 3. The van der Waals surface area contributed by atoms with E-state index in [-0.39, 0.29) is 16.3 Å². The minimum absolute atomic E-state index is 0.0543. The van der Waals surface area contributed by atoms with E-state index >= 15 is 0 Å². The van der Waals surface area contributed by atoms with Crippen LogP contribution in [0, 0.1) is 0 Å². The summed E-state index contributed by atoms with van der Waals surface area (Å²) in [5.41, 5.74) is 0.369. The third kappa shape index (κ3) is 2.35. The Bertz CT molecular complexity index is 882. The second-order valence-corrected chi connectivity index (χ2v) is 5.61. The van der Waals surface area contributed by atoms with Crippen LogP contribution in [0.2, 0.25) is 5.02 Å². The Hall–Kier alpha value is -2.34. The second kappa shape index (κ2) is 5.46. The Morgan fingerprint density at radius 3 is 2.68 bits per heavy atom. The van der Waals surface area contributed by atoms with Crippen molar-refractivity contribution in [1.29, 1.82) is 0 Å². The summed E-state index contributed by atoms with van der Waals surface area (Å²) in [7, 11) is 0. The van der Waals surface area contributed by atoms with Crippen LogP contribution < -0.4 is 11.2 Å². The van der Waals surface area contributed by atoms with E-state index < -0.39 is 17.2 Å². The van der Waals surface area contributed by atoms with Gasteiger partial charge in [-0.3, -0.25) is 4.79 Å². The lowest BCUT2D eigenvalue weighted by Gasteiger charge is -2.16. The quantitative estimate of drug-likeness (QED) is 0.881. The molecule has 0 radical (unpaired) electrons. The maximum atomic E-state index is 12.6. The van der Waals surface area contributed by atoms with Gasteiger partial charge in [-0.1, -0.05) is 11.6 Å². The molecular formula is C15H13ClN2O4. The Balaban J connectivity index is 2.25. The van der Waals surface area contributed by atoms with E-state index in [1.165, 1.54) is 18.2 Å². The van der Waals surface area contributed by atoms with Crippen molar-refractivity contribution in [2.75, 3.05) is 0 Å². The number of rotatable bonds is 2. The molecule has 2 aromatic rings. The summed E-state index contributed by atoms with van der Waals surface area (Å²) in [5, 5.41) is 9.16. The van der Waals surface area contributed by atoms with Crippen molar-refractivity contribution >= 4 is 17.6 Å². The van der Waals surface area contributed by atoms with Gasteiger partial charge in [0.25, 0.3) is 5.56 Å². The first-order valence-corrected chi connectivity index (χ1v) is 7.27. The number of H-pyrrole nitrogens is 1. The minimum atomic E-state index is -1.21. The van der Waals surface area contributed by atoms with Crippen LogP contribution in [0.15, 0.2) is 27.8 Å². The molecule has 0 unspecified atom stereocenters. The smallest absolute Gasteiger partial charge is 0.337 e. The fraction of sp³-hybridized carbons (Fsp3) is 0.267. The third-order valence-electron chi connectivity index (χ3n) is 3.83. The number of nitrogens with one attached hydrogen (secondary N) is 1. The average Bonchev–Trinajstić information content (AvgIpc) is 2.48. The third-order valence-corrected chi connectivity index (χ3v) is 4.16. The molecule has 114 valence electrons. The van der Waals surface area contributed by atoms with Gasteiger partial charge < -0.3 is 10.1 Å². The van der Waals surface area contributed by atoms with Gasteiger partial charge in [-0.2, -0.15) is 0 Å². The Labute approximate surface area is 130 Å². The van der Waals surface area contributed by atoms with Gasteiger partial charge in [0.05, 0.1) is 16.3 Å². The first kappa shape index (κ1) is 14.6. The zero-order valence-corrected chi connectivity index (χ0v) is 12.3. The molecule has 0 spiro atoms. The van der Waals surface area contributed by atoms with Crippen LogP contribution in [-0.2, 0) is 12.8 Å². The van der Waals surface area contributed by atoms with Gasteiger partial charge >= 0.3 is 11.7 Å². The maximum Gasteiger partial charge on any atom is 0.337 e. The van der Waals surface area contributed by atoms with Crippen LogP contribution in [0.3, 0.4) is 0 Å². The summed E-state index contributed by atoms with van der Waals surface area (Å²) in [6, 6.07) is 4.06. The van der Waals surface area contributed by atoms with Crippen LogP contribution in [0.25, 0.3) is 5.69 Å². The van der Waals surface area contributed by atoms with E-state index in [4.69, 9.17) is 16.7 Å². The lowest BCUT2D eigenvalue weighted by molar-refractivity contribution is 0.0697. The summed E-state index contributed by atoms with van der Waals surface area (Å²) in [4.78, 5) is 38.6. The van der Waals surface area contributed by atoms with Crippen molar-refractivity contribution in [2.24, 2.45) is 0 Å². The first-order chi connectivity index (χ1) is 10.5.